The second kappa shape index (κ2) is 10.4. The van der Waals surface area contributed by atoms with E-state index in [9.17, 15) is 9.59 Å². The summed E-state index contributed by atoms with van der Waals surface area (Å²) in [7, 11) is 0.446. The van der Waals surface area contributed by atoms with Gasteiger partial charge in [0.05, 0.1) is 25.2 Å². The molecule has 0 radical (unpaired) electrons. The number of rotatable bonds is 10. The fourth-order valence-electron chi connectivity index (χ4n) is 2.36. The third-order valence-corrected chi connectivity index (χ3v) is 4.75. The number of hydrogen-bond donors (Lipinski definition) is 0. The zero-order valence-corrected chi connectivity index (χ0v) is 15.7. The van der Waals surface area contributed by atoms with Crippen molar-refractivity contribution in [3.63, 3.8) is 0 Å². The first kappa shape index (κ1) is 20.6. The maximum Gasteiger partial charge on any atom is 0.330 e. The fraction of sp³-hybridized carbons (Fsp3) is 0.688. The van der Waals surface area contributed by atoms with E-state index in [2.05, 4.69) is 6.92 Å². The monoisotopic (exact) mass is 355 g/mol. The van der Waals surface area contributed by atoms with Gasteiger partial charge < -0.3 is 13.6 Å². The van der Waals surface area contributed by atoms with Crippen LogP contribution in [0.4, 0.5) is 0 Å². The Balaban J connectivity index is 2.69. The van der Waals surface area contributed by atoms with E-state index in [1.54, 1.807) is 17.7 Å². The van der Waals surface area contributed by atoms with Gasteiger partial charge in [-0.25, -0.2) is 4.79 Å². The van der Waals surface area contributed by atoms with Crippen molar-refractivity contribution >= 4 is 8.38 Å². The van der Waals surface area contributed by atoms with Crippen molar-refractivity contribution in [2.75, 3.05) is 13.3 Å². The Hall–Kier alpha value is -1.48. The Bertz CT molecular complexity index is 677. The summed E-state index contributed by atoms with van der Waals surface area (Å²) in [5, 5.41) is 8.53. The zero-order chi connectivity index (χ0) is 18.1. The van der Waals surface area contributed by atoms with Crippen molar-refractivity contribution in [1.29, 1.82) is 5.26 Å². The molecule has 134 valence electrons. The number of nitrogens with zero attached hydrogens (tertiary/aromatic N) is 3. The zero-order valence-electron chi connectivity index (χ0n) is 14.8. The van der Waals surface area contributed by atoms with E-state index >= 15 is 0 Å². The first-order valence-electron chi connectivity index (χ1n) is 8.08. The van der Waals surface area contributed by atoms with Crippen LogP contribution in [0.1, 0.15) is 38.2 Å². The topological polar surface area (TPSA) is 86.2 Å². The van der Waals surface area contributed by atoms with Gasteiger partial charge in [0.25, 0.3) is 5.56 Å². The molecule has 2 unspecified atom stereocenters. The van der Waals surface area contributed by atoms with Crippen LogP contribution in [0.3, 0.4) is 0 Å². The van der Waals surface area contributed by atoms with Crippen LogP contribution in [0.15, 0.2) is 15.8 Å². The molecule has 0 aliphatic heterocycles. The third-order valence-electron chi connectivity index (χ3n) is 3.61. The van der Waals surface area contributed by atoms with Crippen LogP contribution in [0.2, 0.25) is 0 Å². The predicted octanol–water partition coefficient (Wildman–Crippen LogP) is 2.30. The van der Waals surface area contributed by atoms with E-state index in [1.165, 1.54) is 7.05 Å². The van der Waals surface area contributed by atoms with Crippen LogP contribution < -0.4 is 11.2 Å². The van der Waals surface area contributed by atoms with Gasteiger partial charge in [0.2, 0.25) is 0 Å². The lowest BCUT2D eigenvalue weighted by atomic mass is 10.1. The predicted molar refractivity (Wildman–Crippen MR) is 94.1 cm³/mol. The SMILES string of the molecule is CCCC(CCn1cc(C)c(=O)n(C)c1=O)OP(C)OCCC#N. The smallest absolute Gasteiger partial charge is 0.330 e. The average Bonchev–Trinajstić information content (AvgIpc) is 2.55. The molecular weight excluding hydrogens is 329 g/mol. The van der Waals surface area contributed by atoms with Gasteiger partial charge >= 0.3 is 5.69 Å². The quantitative estimate of drug-likeness (QED) is 0.475. The van der Waals surface area contributed by atoms with Crippen molar-refractivity contribution in [2.45, 2.75) is 52.2 Å². The minimum Gasteiger partial charge on any atom is -0.333 e. The molecular formula is C16H26N3O4P. The van der Waals surface area contributed by atoms with Crippen LogP contribution in [0.25, 0.3) is 0 Å². The van der Waals surface area contributed by atoms with Crippen molar-refractivity contribution in [3.05, 3.63) is 32.6 Å². The van der Waals surface area contributed by atoms with E-state index in [-0.39, 0.29) is 17.4 Å². The van der Waals surface area contributed by atoms with Gasteiger partial charge in [-0.05, 0) is 19.8 Å². The summed E-state index contributed by atoms with van der Waals surface area (Å²) in [5.41, 5.74) is -0.0342. The van der Waals surface area contributed by atoms with Gasteiger partial charge in [-0.2, -0.15) is 5.26 Å². The lowest BCUT2D eigenvalue weighted by Gasteiger charge is -2.22. The number of aryl methyl sites for hydroxylation is 2. The first-order valence-corrected chi connectivity index (χ1v) is 9.70. The van der Waals surface area contributed by atoms with Crippen LogP contribution in [-0.4, -0.2) is 28.5 Å². The summed E-state index contributed by atoms with van der Waals surface area (Å²) in [5.74, 6) is 0. The molecule has 1 aromatic heterocycles. The normalized spacial score (nSPS) is 13.5. The largest absolute Gasteiger partial charge is 0.333 e. The maximum absolute atomic E-state index is 12.1. The molecule has 0 aromatic carbocycles. The van der Waals surface area contributed by atoms with Gasteiger partial charge in [0, 0.05) is 32.0 Å². The molecule has 7 nitrogen and oxygen atoms in total. The van der Waals surface area contributed by atoms with Crippen molar-refractivity contribution < 1.29 is 9.05 Å². The van der Waals surface area contributed by atoms with Crippen LogP contribution >= 0.6 is 8.38 Å². The number of aromatic nitrogens is 2. The molecule has 0 spiro atoms. The highest BCUT2D eigenvalue weighted by molar-refractivity contribution is 7.46. The summed E-state index contributed by atoms with van der Waals surface area (Å²) in [4.78, 5) is 23.9. The Labute approximate surface area is 143 Å². The lowest BCUT2D eigenvalue weighted by Crippen LogP contribution is -2.39. The molecule has 0 aliphatic rings. The Morgan fingerprint density at radius 2 is 2.08 bits per heavy atom. The summed E-state index contributed by atoms with van der Waals surface area (Å²) in [6.07, 6.45) is 4.44. The van der Waals surface area contributed by atoms with Crippen LogP contribution in [-0.2, 0) is 22.6 Å². The Kier molecular flexibility index (Phi) is 8.91. The molecule has 24 heavy (non-hydrogen) atoms. The number of hydrogen-bond acceptors (Lipinski definition) is 5. The van der Waals surface area contributed by atoms with Crippen molar-refractivity contribution in [1.82, 2.24) is 9.13 Å². The van der Waals surface area contributed by atoms with E-state index in [4.69, 9.17) is 14.3 Å². The summed E-state index contributed by atoms with van der Waals surface area (Å²) in [6.45, 7) is 6.51. The summed E-state index contributed by atoms with van der Waals surface area (Å²) >= 11 is 0. The maximum atomic E-state index is 12.1. The molecule has 1 heterocycles. The molecule has 0 N–H and O–H groups in total. The summed E-state index contributed by atoms with van der Waals surface area (Å²) < 4.78 is 14.1. The Morgan fingerprint density at radius 1 is 1.38 bits per heavy atom. The molecule has 1 rings (SSSR count). The second-order valence-electron chi connectivity index (χ2n) is 5.64. The van der Waals surface area contributed by atoms with Gasteiger partial charge in [-0.3, -0.25) is 9.36 Å². The van der Waals surface area contributed by atoms with Crippen molar-refractivity contribution in [2.24, 2.45) is 7.05 Å². The van der Waals surface area contributed by atoms with E-state index in [0.29, 0.717) is 31.6 Å². The molecule has 8 heteroatoms. The molecule has 0 fully saturated rings. The molecule has 0 saturated carbocycles. The lowest BCUT2D eigenvalue weighted by molar-refractivity contribution is 0.159. The minimum atomic E-state index is -1.04. The molecule has 2 atom stereocenters. The highest BCUT2D eigenvalue weighted by Gasteiger charge is 2.15. The second-order valence-corrected chi connectivity index (χ2v) is 6.99. The summed E-state index contributed by atoms with van der Waals surface area (Å²) in [6, 6.07) is 2.03. The average molecular weight is 355 g/mol. The first-order chi connectivity index (χ1) is 11.4. The van der Waals surface area contributed by atoms with Crippen LogP contribution in [0, 0.1) is 18.3 Å². The van der Waals surface area contributed by atoms with Gasteiger partial charge in [0.1, 0.15) is 0 Å². The van der Waals surface area contributed by atoms with E-state index in [1.807, 2.05) is 12.7 Å². The highest BCUT2D eigenvalue weighted by Crippen LogP contribution is 2.37. The van der Waals surface area contributed by atoms with Gasteiger partial charge in [-0.1, -0.05) is 13.3 Å². The highest BCUT2D eigenvalue weighted by atomic mass is 31.2. The number of nitriles is 1. The molecule has 0 aliphatic carbocycles. The van der Waals surface area contributed by atoms with Gasteiger partial charge in [-0.15, -0.1) is 0 Å². The molecule has 0 saturated heterocycles. The van der Waals surface area contributed by atoms with E-state index < -0.39 is 8.38 Å². The Morgan fingerprint density at radius 3 is 2.71 bits per heavy atom. The minimum absolute atomic E-state index is 0.0161. The van der Waals surface area contributed by atoms with Gasteiger partial charge in [0.15, 0.2) is 8.38 Å². The van der Waals surface area contributed by atoms with E-state index in [0.717, 1.165) is 17.4 Å². The molecule has 1 aromatic rings. The van der Waals surface area contributed by atoms with Crippen LogP contribution in [0.5, 0.6) is 0 Å². The standard InChI is InChI=1S/C16H26N3O4P/c1-5-7-14(23-24(4)22-11-6-9-17)8-10-19-12-13(2)15(20)18(3)16(19)21/h12,14H,5-8,10-11H2,1-4H3. The third kappa shape index (κ3) is 6.20. The fourth-order valence-corrected chi connectivity index (χ4v) is 3.40. The van der Waals surface area contributed by atoms with Crippen molar-refractivity contribution in [3.8, 4) is 6.07 Å². The molecule has 0 amide bonds. The molecule has 0 bridgehead atoms.